The van der Waals surface area contributed by atoms with Crippen molar-refractivity contribution in [3.63, 3.8) is 0 Å². The molecule has 1 rings (SSSR count). The van der Waals surface area contributed by atoms with Crippen molar-refractivity contribution in [3.05, 3.63) is 23.8 Å². The number of rotatable bonds is 3. The lowest BCUT2D eigenvalue weighted by molar-refractivity contribution is 0.286. The highest BCUT2D eigenvalue weighted by Crippen LogP contribution is 2.28. The summed E-state index contributed by atoms with van der Waals surface area (Å²) in [6.45, 7) is 11.1. The van der Waals surface area contributed by atoms with Gasteiger partial charge in [0.25, 0.3) is 0 Å². The molecule has 0 aliphatic rings. The van der Waals surface area contributed by atoms with Crippen LogP contribution in [0.3, 0.4) is 0 Å². The van der Waals surface area contributed by atoms with Gasteiger partial charge in [0.15, 0.2) is 0 Å². The molecular weight excluding hydrogens is 208 g/mol. The Hall–Kier alpha value is -1.18. The summed E-state index contributed by atoms with van der Waals surface area (Å²) in [7, 11) is 0. The first-order chi connectivity index (χ1) is 7.88. The van der Waals surface area contributed by atoms with Crippen molar-refractivity contribution >= 4 is 11.4 Å². The highest BCUT2D eigenvalue weighted by atomic mass is 14.6. The number of hydrogen-bond acceptors (Lipinski definition) is 2. The van der Waals surface area contributed by atoms with Crippen molar-refractivity contribution in [2.75, 3.05) is 11.5 Å². The lowest BCUT2D eigenvalue weighted by atomic mass is 9.82. The number of benzene rings is 1. The Morgan fingerprint density at radius 2 is 1.47 bits per heavy atom. The van der Waals surface area contributed by atoms with Crippen molar-refractivity contribution in [3.8, 4) is 0 Å². The monoisotopic (exact) mass is 236 g/mol. The summed E-state index contributed by atoms with van der Waals surface area (Å²) in [6.07, 6.45) is 3.96. The summed E-state index contributed by atoms with van der Waals surface area (Å²) in [5.74, 6) is 0. The van der Waals surface area contributed by atoms with Gasteiger partial charge in [0.05, 0.1) is 0 Å². The molecule has 17 heavy (non-hydrogen) atoms. The van der Waals surface area contributed by atoms with E-state index in [1.807, 2.05) is 19.1 Å². The molecule has 0 spiro atoms. The summed E-state index contributed by atoms with van der Waals surface area (Å²) in [5.41, 5.74) is 14.2. The number of hydrogen-bond donors (Lipinski definition) is 2. The van der Waals surface area contributed by atoms with Crippen LogP contribution in [-0.4, -0.2) is 0 Å². The lowest BCUT2D eigenvalue weighted by Gasteiger charge is -2.23. The van der Waals surface area contributed by atoms with Crippen LogP contribution >= 0.6 is 0 Å². The van der Waals surface area contributed by atoms with Crippen LogP contribution in [0.15, 0.2) is 18.2 Å². The molecule has 1 aromatic carbocycles. The zero-order chi connectivity index (χ0) is 13.5. The first-order valence-corrected chi connectivity index (χ1v) is 6.50. The molecule has 0 unspecified atom stereocenters. The molecule has 2 heteroatoms. The lowest BCUT2D eigenvalue weighted by Crippen LogP contribution is -2.10. The Bertz CT molecular complexity index is 319. The minimum Gasteiger partial charge on any atom is -0.399 e. The molecule has 0 saturated heterocycles. The molecule has 0 saturated carbocycles. The molecule has 1 aromatic rings. The van der Waals surface area contributed by atoms with Crippen LogP contribution in [0, 0.1) is 12.3 Å². The van der Waals surface area contributed by atoms with Crippen LogP contribution in [0.2, 0.25) is 0 Å². The van der Waals surface area contributed by atoms with Crippen LogP contribution in [0.25, 0.3) is 0 Å². The second kappa shape index (κ2) is 7.21. The highest BCUT2D eigenvalue weighted by molar-refractivity contribution is 5.55. The van der Waals surface area contributed by atoms with Crippen LogP contribution in [0.5, 0.6) is 0 Å². The minimum absolute atomic E-state index is 0.625. The Balaban J connectivity index is 0.000000304. The minimum atomic E-state index is 0.625. The smallest absolute Gasteiger partial charge is 0.0364 e. The third-order valence-corrected chi connectivity index (χ3v) is 3.86. The predicted octanol–water partition coefficient (Wildman–Crippen LogP) is 4.38. The van der Waals surface area contributed by atoms with E-state index >= 15 is 0 Å². The van der Waals surface area contributed by atoms with E-state index < -0.39 is 0 Å². The first kappa shape index (κ1) is 15.8. The zero-order valence-electron chi connectivity index (χ0n) is 12.0. The van der Waals surface area contributed by atoms with Gasteiger partial charge in [-0.25, -0.2) is 0 Å². The molecule has 0 aliphatic heterocycles. The van der Waals surface area contributed by atoms with Crippen molar-refractivity contribution < 1.29 is 0 Å². The Labute approximate surface area is 106 Å². The molecule has 0 bridgehead atoms. The van der Waals surface area contributed by atoms with E-state index in [-0.39, 0.29) is 0 Å². The summed E-state index contributed by atoms with van der Waals surface area (Å²) in [4.78, 5) is 0. The van der Waals surface area contributed by atoms with Gasteiger partial charge in [-0.3, -0.25) is 0 Å². The van der Waals surface area contributed by atoms with Crippen LogP contribution < -0.4 is 11.5 Å². The predicted molar refractivity (Wildman–Crippen MR) is 79.0 cm³/mol. The maximum absolute atomic E-state index is 5.54. The van der Waals surface area contributed by atoms with Gasteiger partial charge in [-0.2, -0.15) is 0 Å². The Morgan fingerprint density at radius 3 is 1.71 bits per heavy atom. The quantitative estimate of drug-likeness (QED) is 0.765. The van der Waals surface area contributed by atoms with Crippen molar-refractivity contribution in [2.24, 2.45) is 5.41 Å². The van der Waals surface area contributed by atoms with Crippen LogP contribution in [0.4, 0.5) is 11.4 Å². The van der Waals surface area contributed by atoms with Crippen molar-refractivity contribution in [1.29, 1.82) is 0 Å². The molecule has 0 radical (unpaired) electrons. The fraction of sp³-hybridized carbons (Fsp3) is 0.600. The van der Waals surface area contributed by atoms with Crippen molar-refractivity contribution in [1.82, 2.24) is 0 Å². The van der Waals surface area contributed by atoms with Gasteiger partial charge < -0.3 is 11.5 Å². The third-order valence-electron chi connectivity index (χ3n) is 3.86. The number of nitrogen functional groups attached to an aromatic ring is 2. The Morgan fingerprint density at radius 1 is 1.00 bits per heavy atom. The van der Waals surface area contributed by atoms with Gasteiger partial charge in [-0.15, -0.1) is 0 Å². The molecular formula is C15H28N2. The molecule has 0 amide bonds. The molecule has 0 heterocycles. The third kappa shape index (κ3) is 5.62. The summed E-state index contributed by atoms with van der Waals surface area (Å²) >= 11 is 0. The average Bonchev–Trinajstić information content (AvgIpc) is 2.34. The number of nitrogens with two attached hydrogens (primary N) is 2. The van der Waals surface area contributed by atoms with Gasteiger partial charge in [0, 0.05) is 11.4 Å². The van der Waals surface area contributed by atoms with Gasteiger partial charge in [-0.05, 0) is 30.0 Å². The second-order valence-corrected chi connectivity index (χ2v) is 4.99. The molecule has 0 atom stereocenters. The summed E-state index contributed by atoms with van der Waals surface area (Å²) in [6, 6.07) is 5.51. The topological polar surface area (TPSA) is 52.0 Å². The van der Waals surface area contributed by atoms with Crippen LogP contribution in [-0.2, 0) is 0 Å². The normalized spacial score (nSPS) is 10.6. The molecule has 98 valence electrons. The van der Waals surface area contributed by atoms with E-state index in [4.69, 9.17) is 11.5 Å². The molecule has 4 N–H and O–H groups in total. The fourth-order valence-corrected chi connectivity index (χ4v) is 1.41. The van der Waals surface area contributed by atoms with Gasteiger partial charge in [0.2, 0.25) is 0 Å². The molecule has 0 aliphatic carbocycles. The van der Waals surface area contributed by atoms with Gasteiger partial charge in [0.1, 0.15) is 0 Å². The molecule has 0 aromatic heterocycles. The second-order valence-electron chi connectivity index (χ2n) is 4.99. The van der Waals surface area contributed by atoms with E-state index in [0.29, 0.717) is 5.41 Å². The van der Waals surface area contributed by atoms with E-state index in [2.05, 4.69) is 27.7 Å². The maximum atomic E-state index is 5.54. The molecule has 2 nitrogen and oxygen atoms in total. The average molecular weight is 236 g/mol. The summed E-state index contributed by atoms with van der Waals surface area (Å²) < 4.78 is 0. The summed E-state index contributed by atoms with van der Waals surface area (Å²) in [5, 5.41) is 0. The zero-order valence-corrected chi connectivity index (χ0v) is 12.0. The number of anilines is 2. The van der Waals surface area contributed by atoms with E-state index in [9.17, 15) is 0 Å². The number of aryl methyl sites for hydroxylation is 1. The SMILES string of the molecule is CCC(C)(CC)CC.Cc1ccc(N)cc1N. The molecule has 0 fully saturated rings. The van der Waals surface area contributed by atoms with Gasteiger partial charge >= 0.3 is 0 Å². The standard InChI is InChI=1S/C8H18.C7H10N2/c1-5-8(4,6-2)7-3;1-5-2-3-6(8)4-7(5)9/h5-7H2,1-4H3;2-4H,8-9H2,1H3. The van der Waals surface area contributed by atoms with Crippen LogP contribution in [0.1, 0.15) is 52.5 Å². The highest BCUT2D eigenvalue weighted by Gasteiger charge is 2.15. The first-order valence-electron chi connectivity index (χ1n) is 6.50. The van der Waals surface area contributed by atoms with E-state index in [1.165, 1.54) is 19.3 Å². The van der Waals surface area contributed by atoms with E-state index in [0.717, 1.165) is 16.9 Å². The maximum Gasteiger partial charge on any atom is 0.0364 e. The fourth-order valence-electron chi connectivity index (χ4n) is 1.41. The van der Waals surface area contributed by atoms with Gasteiger partial charge in [-0.1, -0.05) is 53.0 Å². The van der Waals surface area contributed by atoms with E-state index in [1.54, 1.807) is 6.07 Å². The van der Waals surface area contributed by atoms with Crippen molar-refractivity contribution in [2.45, 2.75) is 53.9 Å². The largest absolute Gasteiger partial charge is 0.399 e. The Kier molecular flexibility index (Phi) is 6.71.